The topological polar surface area (TPSA) is 59.8 Å². The number of carbonyl (C=O) groups is 1. The largest absolute Gasteiger partial charge is 0.299 e. The molecule has 0 aliphatic heterocycles. The Morgan fingerprint density at radius 1 is 1.50 bits per heavy atom. The molecule has 1 saturated carbocycles. The van der Waals surface area contributed by atoms with Crippen LogP contribution in [0.4, 0.5) is 5.95 Å². The van der Waals surface area contributed by atoms with Crippen LogP contribution in [0.3, 0.4) is 0 Å². The van der Waals surface area contributed by atoms with Crippen LogP contribution in [0, 0.1) is 0 Å². The van der Waals surface area contributed by atoms with E-state index in [-0.39, 0.29) is 0 Å². The lowest BCUT2D eigenvalue weighted by Gasteiger charge is -2.28. The zero-order chi connectivity index (χ0) is 11.0. The molecule has 0 atom stereocenters. The molecule has 0 bridgehead atoms. The van der Waals surface area contributed by atoms with Gasteiger partial charge in [0, 0.05) is 12.2 Å². The van der Waals surface area contributed by atoms with E-state index in [1.54, 1.807) is 6.20 Å². The molecule has 0 aromatic carbocycles. The van der Waals surface area contributed by atoms with E-state index in [0.29, 0.717) is 18.4 Å². The molecule has 5 nitrogen and oxygen atoms in total. The summed E-state index contributed by atoms with van der Waals surface area (Å²) < 4.78 is 2.03. The van der Waals surface area contributed by atoms with Crippen LogP contribution < -0.4 is 5.32 Å². The minimum absolute atomic E-state index is 0.433. The van der Waals surface area contributed by atoms with Crippen LogP contribution in [0.5, 0.6) is 0 Å². The number of carbonyl (C=O) groups excluding carboxylic acids is 1. The SMILES string of the molecule is O=CNc1nc2cccnc2n1C1CCC1. The molecule has 3 rings (SSSR count). The summed E-state index contributed by atoms with van der Waals surface area (Å²) in [6, 6.07) is 4.20. The molecule has 2 aromatic heterocycles. The molecule has 5 heteroatoms. The molecule has 16 heavy (non-hydrogen) atoms. The third-order valence-electron chi connectivity index (χ3n) is 3.08. The van der Waals surface area contributed by atoms with Gasteiger partial charge in [-0.1, -0.05) is 0 Å². The molecule has 1 aliphatic rings. The standard InChI is InChI=1S/C11H12N4O/c16-7-13-11-14-9-5-2-6-12-10(9)15(11)8-3-1-4-8/h2,5-8H,1,3-4H2,(H,13,14,16). The molecule has 0 spiro atoms. The molecule has 82 valence electrons. The van der Waals surface area contributed by atoms with Crippen molar-refractivity contribution in [1.29, 1.82) is 0 Å². The maximum Gasteiger partial charge on any atom is 0.213 e. The van der Waals surface area contributed by atoms with Crippen LogP contribution in [-0.2, 0) is 4.79 Å². The zero-order valence-electron chi connectivity index (χ0n) is 8.76. The van der Waals surface area contributed by atoms with Crippen molar-refractivity contribution in [3.8, 4) is 0 Å². The minimum atomic E-state index is 0.433. The van der Waals surface area contributed by atoms with Crippen molar-refractivity contribution in [1.82, 2.24) is 14.5 Å². The van der Waals surface area contributed by atoms with Gasteiger partial charge in [-0.05, 0) is 31.4 Å². The van der Waals surface area contributed by atoms with Crippen LogP contribution in [-0.4, -0.2) is 20.9 Å². The summed E-state index contributed by atoms with van der Waals surface area (Å²) in [7, 11) is 0. The van der Waals surface area contributed by atoms with E-state index in [4.69, 9.17) is 0 Å². The molecular weight excluding hydrogens is 204 g/mol. The maximum atomic E-state index is 10.5. The highest BCUT2D eigenvalue weighted by atomic mass is 16.1. The van der Waals surface area contributed by atoms with Gasteiger partial charge >= 0.3 is 0 Å². The van der Waals surface area contributed by atoms with Crippen molar-refractivity contribution in [3.63, 3.8) is 0 Å². The van der Waals surface area contributed by atoms with Crippen LogP contribution in [0.2, 0.25) is 0 Å². The fourth-order valence-corrected chi connectivity index (χ4v) is 2.07. The Labute approximate surface area is 92.5 Å². The van der Waals surface area contributed by atoms with Gasteiger partial charge in [0.15, 0.2) is 5.65 Å². The lowest BCUT2D eigenvalue weighted by atomic mass is 9.93. The molecular formula is C11H12N4O. The van der Waals surface area contributed by atoms with Crippen molar-refractivity contribution in [2.45, 2.75) is 25.3 Å². The van der Waals surface area contributed by atoms with Gasteiger partial charge in [-0.25, -0.2) is 9.97 Å². The predicted octanol–water partition coefficient (Wildman–Crippen LogP) is 1.72. The highest BCUT2D eigenvalue weighted by Gasteiger charge is 2.24. The van der Waals surface area contributed by atoms with Crippen molar-refractivity contribution >= 4 is 23.5 Å². The van der Waals surface area contributed by atoms with E-state index in [1.807, 2.05) is 16.7 Å². The third-order valence-corrected chi connectivity index (χ3v) is 3.08. The first-order valence-electron chi connectivity index (χ1n) is 5.43. The van der Waals surface area contributed by atoms with E-state index in [2.05, 4.69) is 15.3 Å². The number of imidazole rings is 1. The summed E-state index contributed by atoms with van der Waals surface area (Å²) in [4.78, 5) is 19.2. The second kappa shape index (κ2) is 3.59. The Bertz CT molecular complexity index is 530. The summed E-state index contributed by atoms with van der Waals surface area (Å²) in [5.41, 5.74) is 1.69. The molecule has 1 aliphatic carbocycles. The average Bonchev–Trinajstić information content (AvgIpc) is 2.56. The number of nitrogens with one attached hydrogen (secondary N) is 1. The molecule has 0 unspecified atom stereocenters. The Morgan fingerprint density at radius 2 is 2.38 bits per heavy atom. The average molecular weight is 216 g/mol. The number of nitrogens with zero attached hydrogens (tertiary/aromatic N) is 3. The summed E-state index contributed by atoms with van der Waals surface area (Å²) in [5.74, 6) is 0.605. The van der Waals surface area contributed by atoms with E-state index >= 15 is 0 Å². The predicted molar refractivity (Wildman–Crippen MR) is 60.1 cm³/mol. The van der Waals surface area contributed by atoms with Gasteiger partial charge in [0.05, 0.1) is 0 Å². The first kappa shape index (κ1) is 9.33. The number of aromatic nitrogens is 3. The molecule has 1 N–H and O–H groups in total. The van der Waals surface area contributed by atoms with Crippen molar-refractivity contribution in [2.24, 2.45) is 0 Å². The van der Waals surface area contributed by atoms with E-state index < -0.39 is 0 Å². The van der Waals surface area contributed by atoms with Crippen LogP contribution >= 0.6 is 0 Å². The number of hydrogen-bond acceptors (Lipinski definition) is 3. The van der Waals surface area contributed by atoms with Crippen molar-refractivity contribution in [2.75, 3.05) is 5.32 Å². The Balaban J connectivity index is 2.18. The van der Waals surface area contributed by atoms with Gasteiger partial charge in [-0.2, -0.15) is 0 Å². The second-order valence-electron chi connectivity index (χ2n) is 4.00. The van der Waals surface area contributed by atoms with Gasteiger partial charge < -0.3 is 0 Å². The fourth-order valence-electron chi connectivity index (χ4n) is 2.07. The first-order chi connectivity index (χ1) is 7.90. The molecule has 2 aromatic rings. The summed E-state index contributed by atoms with van der Waals surface area (Å²) in [6.45, 7) is 0. The second-order valence-corrected chi connectivity index (χ2v) is 4.00. The molecule has 1 fully saturated rings. The Morgan fingerprint density at radius 3 is 3.06 bits per heavy atom. The highest BCUT2D eigenvalue weighted by molar-refractivity contribution is 5.78. The third kappa shape index (κ3) is 1.28. The zero-order valence-corrected chi connectivity index (χ0v) is 8.76. The van der Waals surface area contributed by atoms with Gasteiger partial charge in [0.1, 0.15) is 5.52 Å². The lowest BCUT2D eigenvalue weighted by Crippen LogP contribution is -2.19. The monoisotopic (exact) mass is 216 g/mol. The summed E-state index contributed by atoms with van der Waals surface area (Å²) in [6.07, 6.45) is 5.92. The van der Waals surface area contributed by atoms with Gasteiger partial charge in [-0.15, -0.1) is 0 Å². The van der Waals surface area contributed by atoms with Gasteiger partial charge in [-0.3, -0.25) is 14.7 Å². The summed E-state index contributed by atoms with van der Waals surface area (Å²) in [5, 5.41) is 2.65. The fraction of sp³-hybridized carbons (Fsp3) is 0.364. The molecule has 0 saturated heterocycles. The smallest absolute Gasteiger partial charge is 0.213 e. The maximum absolute atomic E-state index is 10.5. The van der Waals surface area contributed by atoms with Crippen LogP contribution in [0.25, 0.3) is 11.2 Å². The Kier molecular flexibility index (Phi) is 2.09. The molecule has 2 heterocycles. The highest BCUT2D eigenvalue weighted by Crippen LogP contribution is 2.36. The number of hydrogen-bond donors (Lipinski definition) is 1. The molecule has 0 radical (unpaired) electrons. The molecule has 1 amide bonds. The quantitative estimate of drug-likeness (QED) is 0.795. The Hall–Kier alpha value is -1.91. The summed E-state index contributed by atoms with van der Waals surface area (Å²) >= 11 is 0. The van der Waals surface area contributed by atoms with Gasteiger partial charge in [0.2, 0.25) is 12.4 Å². The number of anilines is 1. The van der Waals surface area contributed by atoms with E-state index in [0.717, 1.165) is 24.0 Å². The number of pyridine rings is 1. The minimum Gasteiger partial charge on any atom is -0.299 e. The normalized spacial score (nSPS) is 16.0. The lowest BCUT2D eigenvalue weighted by molar-refractivity contribution is -0.105. The number of amides is 1. The number of rotatable bonds is 3. The first-order valence-corrected chi connectivity index (χ1v) is 5.43. The van der Waals surface area contributed by atoms with Crippen molar-refractivity contribution < 1.29 is 4.79 Å². The van der Waals surface area contributed by atoms with Crippen LogP contribution in [0.1, 0.15) is 25.3 Å². The van der Waals surface area contributed by atoms with E-state index in [9.17, 15) is 4.79 Å². The van der Waals surface area contributed by atoms with Crippen molar-refractivity contribution in [3.05, 3.63) is 18.3 Å². The van der Waals surface area contributed by atoms with Gasteiger partial charge in [0.25, 0.3) is 0 Å². The number of fused-ring (bicyclic) bond motifs is 1. The van der Waals surface area contributed by atoms with E-state index in [1.165, 1.54) is 6.42 Å². The van der Waals surface area contributed by atoms with Crippen LogP contribution in [0.15, 0.2) is 18.3 Å².